The van der Waals surface area contributed by atoms with Crippen molar-refractivity contribution in [2.75, 3.05) is 5.32 Å². The number of nitrogens with one attached hydrogen (secondary N) is 1. The molecule has 12 heavy (non-hydrogen) atoms. The van der Waals surface area contributed by atoms with Gasteiger partial charge in [0.1, 0.15) is 0 Å². The molecule has 0 unspecified atom stereocenters. The molecule has 0 aromatic heterocycles. The van der Waals surface area contributed by atoms with E-state index in [0.29, 0.717) is 11.3 Å². The normalized spacial score (nSPS) is 20.8. The molecule has 2 rings (SSSR count). The fraction of sp³-hybridized carbons (Fsp3) is 0.400. The quantitative estimate of drug-likeness (QED) is 0.710. The molecule has 1 atom stereocenters. The summed E-state index contributed by atoms with van der Waals surface area (Å²) in [6, 6.07) is 8.49. The molecule has 0 radical (unpaired) electrons. The lowest BCUT2D eigenvalue weighted by molar-refractivity contribution is 0.656. The van der Waals surface area contributed by atoms with E-state index in [9.17, 15) is 0 Å². The molecule has 2 heteroatoms. The molecule has 1 aromatic carbocycles. The predicted octanol–water partition coefficient (Wildman–Crippen LogP) is 3.19. The van der Waals surface area contributed by atoms with Gasteiger partial charge in [-0.3, -0.25) is 0 Å². The first-order valence-electron chi connectivity index (χ1n) is 4.29. The number of para-hydroxylation sites is 1. The second kappa shape index (κ2) is 3.02. The van der Waals surface area contributed by atoms with E-state index in [1.807, 2.05) is 11.8 Å². The number of hydrogen-bond acceptors (Lipinski definition) is 2. The number of fused-ring (bicyclic) bond motifs is 1. The fourth-order valence-electron chi connectivity index (χ4n) is 1.31. The molecule has 0 saturated carbocycles. The Hall–Kier alpha value is -0.630. The molecule has 0 saturated heterocycles. The standard InChI is InChI=1S/C10H13NS/c1-7(2)10-11-8-5-3-4-6-9(8)12-10/h3-7,10-11H,1-2H3/t10-/m0/s1. The van der Waals surface area contributed by atoms with Crippen molar-refractivity contribution in [3.63, 3.8) is 0 Å². The lowest BCUT2D eigenvalue weighted by Crippen LogP contribution is -2.16. The number of anilines is 1. The van der Waals surface area contributed by atoms with E-state index < -0.39 is 0 Å². The predicted molar refractivity (Wildman–Crippen MR) is 54.5 cm³/mol. The second-order valence-electron chi connectivity index (χ2n) is 3.42. The largest absolute Gasteiger partial charge is 0.372 e. The van der Waals surface area contributed by atoms with Crippen molar-refractivity contribution in [1.82, 2.24) is 0 Å². The van der Waals surface area contributed by atoms with Gasteiger partial charge in [0.2, 0.25) is 0 Å². The summed E-state index contributed by atoms with van der Waals surface area (Å²) in [6.45, 7) is 4.49. The summed E-state index contributed by atoms with van der Waals surface area (Å²) in [6.07, 6.45) is 0. The number of thioether (sulfide) groups is 1. The van der Waals surface area contributed by atoms with Crippen molar-refractivity contribution in [1.29, 1.82) is 0 Å². The van der Waals surface area contributed by atoms with Gasteiger partial charge in [0.15, 0.2) is 0 Å². The van der Waals surface area contributed by atoms with E-state index in [2.05, 4.69) is 43.4 Å². The summed E-state index contributed by atoms with van der Waals surface area (Å²) < 4.78 is 0. The Bertz CT molecular complexity index is 258. The van der Waals surface area contributed by atoms with Gasteiger partial charge in [0.05, 0.1) is 5.37 Å². The van der Waals surface area contributed by atoms with Crippen LogP contribution < -0.4 is 5.32 Å². The molecule has 0 aliphatic carbocycles. The van der Waals surface area contributed by atoms with Gasteiger partial charge in [-0.1, -0.05) is 37.7 Å². The van der Waals surface area contributed by atoms with E-state index in [0.717, 1.165) is 0 Å². The minimum atomic E-state index is 0.558. The Balaban J connectivity index is 2.22. The van der Waals surface area contributed by atoms with Crippen molar-refractivity contribution in [2.45, 2.75) is 24.1 Å². The first-order chi connectivity index (χ1) is 5.77. The topological polar surface area (TPSA) is 12.0 Å². The minimum absolute atomic E-state index is 0.558. The van der Waals surface area contributed by atoms with Crippen LogP contribution in [0.15, 0.2) is 29.2 Å². The maximum absolute atomic E-state index is 3.50. The summed E-state index contributed by atoms with van der Waals surface area (Å²) >= 11 is 1.93. The van der Waals surface area contributed by atoms with E-state index in [4.69, 9.17) is 0 Å². The second-order valence-corrected chi connectivity index (χ2v) is 4.61. The first-order valence-corrected chi connectivity index (χ1v) is 5.17. The first kappa shape index (κ1) is 7.99. The third-order valence-corrected chi connectivity index (χ3v) is 3.57. The van der Waals surface area contributed by atoms with Crippen LogP contribution in [-0.4, -0.2) is 5.37 Å². The third kappa shape index (κ3) is 1.31. The SMILES string of the molecule is CC(C)[C@H]1Nc2ccccc2S1. The van der Waals surface area contributed by atoms with Crippen LogP contribution in [0.3, 0.4) is 0 Å². The molecule has 0 fully saturated rings. The summed E-state index contributed by atoms with van der Waals surface area (Å²) in [7, 11) is 0. The molecule has 1 heterocycles. The van der Waals surface area contributed by atoms with Gasteiger partial charge in [0, 0.05) is 10.6 Å². The fourth-order valence-corrected chi connectivity index (χ4v) is 2.45. The van der Waals surface area contributed by atoms with Crippen molar-refractivity contribution in [3.8, 4) is 0 Å². The van der Waals surface area contributed by atoms with Crippen LogP contribution in [0.1, 0.15) is 13.8 Å². The van der Waals surface area contributed by atoms with E-state index in [1.54, 1.807) is 0 Å². The van der Waals surface area contributed by atoms with Gasteiger partial charge in [0.25, 0.3) is 0 Å². The molecular weight excluding hydrogens is 166 g/mol. The smallest absolute Gasteiger partial charge is 0.0793 e. The Labute approximate surface area is 77.6 Å². The maximum Gasteiger partial charge on any atom is 0.0793 e. The summed E-state index contributed by atoms with van der Waals surface area (Å²) in [5.74, 6) is 0.683. The highest BCUT2D eigenvalue weighted by Gasteiger charge is 2.22. The lowest BCUT2D eigenvalue weighted by atomic mass is 10.2. The number of hydrogen-bond donors (Lipinski definition) is 1. The Morgan fingerprint density at radius 3 is 2.75 bits per heavy atom. The van der Waals surface area contributed by atoms with Gasteiger partial charge < -0.3 is 5.32 Å². The summed E-state index contributed by atoms with van der Waals surface area (Å²) in [5.41, 5.74) is 1.29. The molecule has 0 spiro atoms. The van der Waals surface area contributed by atoms with Crippen molar-refractivity contribution >= 4 is 17.4 Å². The monoisotopic (exact) mass is 179 g/mol. The number of rotatable bonds is 1. The van der Waals surface area contributed by atoms with Crippen LogP contribution in [0.5, 0.6) is 0 Å². The van der Waals surface area contributed by atoms with Crippen molar-refractivity contribution < 1.29 is 0 Å². The Morgan fingerprint density at radius 1 is 1.33 bits per heavy atom. The highest BCUT2D eigenvalue weighted by atomic mass is 32.2. The molecule has 0 bridgehead atoms. The van der Waals surface area contributed by atoms with Gasteiger partial charge in [-0.25, -0.2) is 0 Å². The van der Waals surface area contributed by atoms with E-state index in [-0.39, 0.29) is 0 Å². The maximum atomic E-state index is 3.50. The van der Waals surface area contributed by atoms with Gasteiger partial charge in [-0.2, -0.15) is 0 Å². The van der Waals surface area contributed by atoms with Gasteiger partial charge >= 0.3 is 0 Å². The highest BCUT2D eigenvalue weighted by Crippen LogP contribution is 2.40. The Kier molecular flexibility index (Phi) is 2.01. The summed E-state index contributed by atoms with van der Waals surface area (Å²) in [5, 5.41) is 4.05. The highest BCUT2D eigenvalue weighted by molar-refractivity contribution is 8.00. The van der Waals surface area contributed by atoms with Crippen molar-refractivity contribution in [3.05, 3.63) is 24.3 Å². The molecule has 1 aromatic rings. The molecule has 1 N–H and O–H groups in total. The zero-order chi connectivity index (χ0) is 8.55. The molecular formula is C10H13NS. The van der Waals surface area contributed by atoms with Gasteiger partial charge in [-0.05, 0) is 18.1 Å². The summed E-state index contributed by atoms with van der Waals surface area (Å²) in [4.78, 5) is 1.39. The average molecular weight is 179 g/mol. The zero-order valence-corrected chi connectivity index (χ0v) is 8.19. The van der Waals surface area contributed by atoms with Crippen LogP contribution >= 0.6 is 11.8 Å². The van der Waals surface area contributed by atoms with Crippen LogP contribution in [0, 0.1) is 5.92 Å². The number of benzene rings is 1. The average Bonchev–Trinajstić information content (AvgIpc) is 2.46. The molecule has 1 aliphatic heterocycles. The van der Waals surface area contributed by atoms with Crippen LogP contribution in [0.25, 0.3) is 0 Å². The van der Waals surface area contributed by atoms with Gasteiger partial charge in [-0.15, -0.1) is 0 Å². The molecule has 1 aliphatic rings. The van der Waals surface area contributed by atoms with Crippen LogP contribution in [0.2, 0.25) is 0 Å². The molecule has 64 valence electrons. The Morgan fingerprint density at radius 2 is 2.08 bits per heavy atom. The molecule has 0 amide bonds. The van der Waals surface area contributed by atoms with Crippen LogP contribution in [-0.2, 0) is 0 Å². The zero-order valence-electron chi connectivity index (χ0n) is 7.37. The third-order valence-electron chi connectivity index (χ3n) is 2.04. The van der Waals surface area contributed by atoms with E-state index >= 15 is 0 Å². The molecule has 1 nitrogen and oxygen atoms in total. The van der Waals surface area contributed by atoms with Crippen molar-refractivity contribution in [2.24, 2.45) is 5.92 Å². The van der Waals surface area contributed by atoms with E-state index in [1.165, 1.54) is 10.6 Å². The lowest BCUT2D eigenvalue weighted by Gasteiger charge is -2.13. The minimum Gasteiger partial charge on any atom is -0.372 e. The van der Waals surface area contributed by atoms with Crippen LogP contribution in [0.4, 0.5) is 5.69 Å².